The maximum absolute atomic E-state index is 12.2. The maximum atomic E-state index is 12.2. The van der Waals surface area contributed by atoms with E-state index in [0.717, 1.165) is 0 Å². The molecule has 4 nitrogen and oxygen atoms in total. The fourth-order valence-corrected chi connectivity index (χ4v) is 2.34. The molecular formula is C14H27F3N2O2. The van der Waals surface area contributed by atoms with Gasteiger partial charge in [-0.15, -0.1) is 0 Å². The zero-order valence-electron chi connectivity index (χ0n) is 13.5. The molecule has 21 heavy (non-hydrogen) atoms. The summed E-state index contributed by atoms with van der Waals surface area (Å²) in [5, 5.41) is 3.17. The molecule has 0 heterocycles. The fourth-order valence-electron chi connectivity index (χ4n) is 2.34. The van der Waals surface area contributed by atoms with E-state index in [4.69, 9.17) is 4.74 Å². The first kappa shape index (κ1) is 20.2. The molecule has 0 spiro atoms. The number of hydrogen-bond donors (Lipinski definition) is 1. The Morgan fingerprint density at radius 3 is 2.29 bits per heavy atom. The van der Waals surface area contributed by atoms with Crippen LogP contribution >= 0.6 is 0 Å². The van der Waals surface area contributed by atoms with E-state index in [2.05, 4.69) is 5.32 Å². The van der Waals surface area contributed by atoms with Crippen LogP contribution in [0.2, 0.25) is 0 Å². The molecule has 0 aromatic carbocycles. The molecule has 0 saturated carbocycles. The van der Waals surface area contributed by atoms with E-state index in [0.29, 0.717) is 25.8 Å². The van der Waals surface area contributed by atoms with Crippen LogP contribution in [-0.4, -0.2) is 55.9 Å². The second kappa shape index (κ2) is 8.58. The van der Waals surface area contributed by atoms with E-state index in [-0.39, 0.29) is 12.0 Å². The van der Waals surface area contributed by atoms with Crippen molar-refractivity contribution < 1.29 is 22.7 Å². The molecule has 126 valence electrons. The largest absolute Gasteiger partial charge is 0.468 e. The molecule has 0 aromatic heterocycles. The molecule has 1 atom stereocenters. The van der Waals surface area contributed by atoms with Gasteiger partial charge >= 0.3 is 12.1 Å². The van der Waals surface area contributed by atoms with E-state index in [1.54, 1.807) is 6.92 Å². The van der Waals surface area contributed by atoms with Crippen LogP contribution in [0.25, 0.3) is 0 Å². The number of rotatable bonds is 9. The molecule has 0 amide bonds. The molecule has 1 unspecified atom stereocenters. The number of unbranched alkanes of at least 4 members (excludes halogenated alkanes) is 1. The van der Waals surface area contributed by atoms with Crippen molar-refractivity contribution in [2.45, 2.75) is 57.8 Å². The van der Waals surface area contributed by atoms with Gasteiger partial charge in [-0.3, -0.25) is 15.0 Å². The Morgan fingerprint density at radius 2 is 1.86 bits per heavy atom. The number of alkyl halides is 3. The zero-order valence-corrected chi connectivity index (χ0v) is 13.5. The van der Waals surface area contributed by atoms with Crippen LogP contribution in [0.4, 0.5) is 13.2 Å². The first-order valence-electron chi connectivity index (χ1n) is 7.11. The minimum Gasteiger partial charge on any atom is -0.468 e. The molecule has 0 rings (SSSR count). The third kappa shape index (κ3) is 8.93. The number of ether oxygens (including phenoxy) is 1. The maximum Gasteiger partial charge on any atom is 0.401 e. The summed E-state index contributed by atoms with van der Waals surface area (Å²) in [5.74, 6) is -0.347. The normalized spacial score (nSPS) is 15.3. The topological polar surface area (TPSA) is 41.6 Å². The summed E-state index contributed by atoms with van der Waals surface area (Å²) in [6.45, 7) is 5.05. The highest BCUT2D eigenvalue weighted by Gasteiger charge is 2.34. The molecule has 0 radical (unpaired) electrons. The molecule has 0 aromatic rings. The standard InChI is InChI=1S/C14H27F3N2O2/c1-11(2)18-13(3,12(20)21-5)8-6-7-9-19(4)10-14(15,16)17/h11,18H,6-10H2,1-5H3. The van der Waals surface area contributed by atoms with Crippen molar-refractivity contribution in [1.82, 2.24) is 10.2 Å². The van der Waals surface area contributed by atoms with Gasteiger partial charge in [0, 0.05) is 6.04 Å². The third-order valence-electron chi connectivity index (χ3n) is 3.16. The van der Waals surface area contributed by atoms with E-state index in [1.807, 2.05) is 13.8 Å². The van der Waals surface area contributed by atoms with Gasteiger partial charge in [0.1, 0.15) is 5.54 Å². The van der Waals surface area contributed by atoms with Crippen LogP contribution < -0.4 is 5.32 Å². The van der Waals surface area contributed by atoms with Gasteiger partial charge in [-0.1, -0.05) is 0 Å². The lowest BCUT2D eigenvalue weighted by Crippen LogP contribution is -2.53. The summed E-state index contributed by atoms with van der Waals surface area (Å²) in [6, 6.07) is 0.113. The van der Waals surface area contributed by atoms with Crippen LogP contribution in [-0.2, 0) is 9.53 Å². The van der Waals surface area contributed by atoms with Crippen molar-refractivity contribution in [1.29, 1.82) is 0 Å². The van der Waals surface area contributed by atoms with Crippen LogP contribution in [0.5, 0.6) is 0 Å². The quantitative estimate of drug-likeness (QED) is 0.525. The summed E-state index contributed by atoms with van der Waals surface area (Å²) in [4.78, 5) is 13.1. The lowest BCUT2D eigenvalue weighted by molar-refractivity contribution is -0.148. The smallest absolute Gasteiger partial charge is 0.401 e. The molecule has 0 fully saturated rings. The number of carbonyl (C=O) groups is 1. The van der Waals surface area contributed by atoms with Gasteiger partial charge in [0.15, 0.2) is 0 Å². The molecule has 0 saturated heterocycles. The molecule has 0 aliphatic heterocycles. The molecular weight excluding hydrogens is 285 g/mol. The minimum absolute atomic E-state index is 0.113. The number of halogens is 3. The van der Waals surface area contributed by atoms with Crippen molar-refractivity contribution in [3.8, 4) is 0 Å². The van der Waals surface area contributed by atoms with E-state index < -0.39 is 18.3 Å². The molecule has 1 N–H and O–H groups in total. The summed E-state index contributed by atoms with van der Waals surface area (Å²) in [6.07, 6.45) is -2.40. The number of nitrogens with one attached hydrogen (secondary N) is 1. The number of carbonyl (C=O) groups excluding carboxylic acids is 1. The van der Waals surface area contributed by atoms with Crippen LogP contribution in [0, 0.1) is 0 Å². The van der Waals surface area contributed by atoms with Gasteiger partial charge in [0.25, 0.3) is 0 Å². The predicted molar refractivity (Wildman–Crippen MR) is 76.1 cm³/mol. The minimum atomic E-state index is -4.17. The Hall–Kier alpha value is -0.820. The number of hydrogen-bond acceptors (Lipinski definition) is 4. The van der Waals surface area contributed by atoms with Gasteiger partial charge in [-0.25, -0.2) is 0 Å². The van der Waals surface area contributed by atoms with Gasteiger partial charge in [0.05, 0.1) is 13.7 Å². The van der Waals surface area contributed by atoms with E-state index in [1.165, 1.54) is 19.1 Å². The van der Waals surface area contributed by atoms with Crippen LogP contribution in [0.1, 0.15) is 40.0 Å². The Labute approximate surface area is 125 Å². The Morgan fingerprint density at radius 1 is 1.29 bits per heavy atom. The predicted octanol–water partition coefficient (Wildman–Crippen LogP) is 2.58. The monoisotopic (exact) mass is 312 g/mol. The SMILES string of the molecule is COC(=O)C(C)(CCCCN(C)CC(F)(F)F)NC(C)C. The van der Waals surface area contributed by atoms with Crippen molar-refractivity contribution in [3.63, 3.8) is 0 Å². The third-order valence-corrected chi connectivity index (χ3v) is 3.16. The molecule has 7 heteroatoms. The van der Waals surface area contributed by atoms with Crippen molar-refractivity contribution in [2.24, 2.45) is 0 Å². The van der Waals surface area contributed by atoms with E-state index >= 15 is 0 Å². The zero-order chi connectivity index (χ0) is 16.7. The fraction of sp³-hybridized carbons (Fsp3) is 0.929. The number of esters is 1. The first-order chi connectivity index (χ1) is 9.50. The Bertz CT molecular complexity index is 322. The van der Waals surface area contributed by atoms with Gasteiger partial charge < -0.3 is 4.74 Å². The Kier molecular flexibility index (Phi) is 8.25. The van der Waals surface area contributed by atoms with Gasteiger partial charge in [-0.05, 0) is 53.6 Å². The van der Waals surface area contributed by atoms with E-state index in [9.17, 15) is 18.0 Å². The number of nitrogens with zero attached hydrogens (tertiary/aromatic N) is 1. The molecule has 0 bridgehead atoms. The highest BCUT2D eigenvalue weighted by molar-refractivity contribution is 5.80. The second-order valence-corrected chi connectivity index (χ2v) is 5.93. The van der Waals surface area contributed by atoms with Crippen molar-refractivity contribution >= 4 is 5.97 Å². The lowest BCUT2D eigenvalue weighted by Gasteiger charge is -2.30. The average molecular weight is 312 g/mol. The van der Waals surface area contributed by atoms with Crippen molar-refractivity contribution in [3.05, 3.63) is 0 Å². The summed E-state index contributed by atoms with van der Waals surface area (Å²) >= 11 is 0. The van der Waals surface area contributed by atoms with Gasteiger partial charge in [-0.2, -0.15) is 13.2 Å². The second-order valence-electron chi connectivity index (χ2n) is 5.93. The highest BCUT2D eigenvalue weighted by Crippen LogP contribution is 2.18. The highest BCUT2D eigenvalue weighted by atomic mass is 19.4. The summed E-state index contributed by atoms with van der Waals surface area (Å²) in [5.41, 5.74) is -0.800. The lowest BCUT2D eigenvalue weighted by atomic mass is 9.93. The Balaban J connectivity index is 4.24. The number of methoxy groups -OCH3 is 1. The van der Waals surface area contributed by atoms with Gasteiger partial charge in [0.2, 0.25) is 0 Å². The van der Waals surface area contributed by atoms with Crippen LogP contribution in [0.3, 0.4) is 0 Å². The average Bonchev–Trinajstić information content (AvgIpc) is 2.30. The van der Waals surface area contributed by atoms with Crippen molar-refractivity contribution in [2.75, 3.05) is 27.2 Å². The summed E-state index contributed by atoms with van der Waals surface area (Å²) in [7, 11) is 2.78. The molecule has 0 aliphatic rings. The van der Waals surface area contributed by atoms with Crippen LogP contribution in [0.15, 0.2) is 0 Å². The summed E-state index contributed by atoms with van der Waals surface area (Å²) < 4.78 is 41.4. The molecule has 0 aliphatic carbocycles. The first-order valence-corrected chi connectivity index (χ1v) is 7.11.